The Bertz CT molecular complexity index is 206. The zero-order valence-corrected chi connectivity index (χ0v) is 6.60. The highest BCUT2D eigenvalue weighted by molar-refractivity contribution is 8.00. The molecule has 0 aromatic heterocycles. The molecule has 0 amide bonds. The number of hydrogen-bond donors (Lipinski definition) is 3. The lowest BCUT2D eigenvalue weighted by atomic mass is 10.2. The highest BCUT2D eigenvalue weighted by atomic mass is 32.2. The molecule has 2 aliphatic rings. The summed E-state index contributed by atoms with van der Waals surface area (Å²) in [7, 11) is 0. The van der Waals surface area contributed by atoms with Gasteiger partial charge in [-0.1, -0.05) is 0 Å². The van der Waals surface area contributed by atoms with Crippen molar-refractivity contribution in [3.05, 3.63) is 11.5 Å². The Hall–Kier alpha value is -0.390. The number of aliphatic hydroxyl groups is 2. The van der Waals surface area contributed by atoms with Crippen molar-refractivity contribution in [3.63, 3.8) is 0 Å². The second-order valence-corrected chi connectivity index (χ2v) is 3.52. The van der Waals surface area contributed by atoms with Crippen molar-refractivity contribution in [2.24, 2.45) is 0 Å². The fourth-order valence-electron chi connectivity index (χ4n) is 1.14. The van der Waals surface area contributed by atoms with Gasteiger partial charge in [-0.15, -0.1) is 11.8 Å². The average molecular weight is 175 g/mol. The minimum absolute atomic E-state index is 0.0336. The predicted octanol–water partition coefficient (Wildman–Crippen LogP) is -0.233. The standard InChI is InChI=1S/C6H9NO3S/c8-3-1-10-6-4(5(3)9)7-2-11-6/h3,6-9H,1-2H2. The maximum atomic E-state index is 9.32. The first-order valence-electron chi connectivity index (χ1n) is 3.37. The van der Waals surface area contributed by atoms with Gasteiger partial charge in [-0.25, -0.2) is 0 Å². The van der Waals surface area contributed by atoms with E-state index in [2.05, 4.69) is 5.32 Å². The summed E-state index contributed by atoms with van der Waals surface area (Å²) in [6.45, 7) is 0.189. The molecule has 2 rings (SSSR count). The van der Waals surface area contributed by atoms with Crippen LogP contribution in [0.3, 0.4) is 0 Å². The van der Waals surface area contributed by atoms with Gasteiger partial charge in [-0.05, 0) is 0 Å². The van der Waals surface area contributed by atoms with Crippen LogP contribution in [0.2, 0.25) is 0 Å². The third-order valence-electron chi connectivity index (χ3n) is 1.73. The molecule has 0 saturated carbocycles. The Labute approximate surface area is 68.2 Å². The van der Waals surface area contributed by atoms with Crippen molar-refractivity contribution in [3.8, 4) is 0 Å². The molecular weight excluding hydrogens is 166 g/mol. The number of fused-ring (bicyclic) bond motifs is 1. The third kappa shape index (κ3) is 1.09. The van der Waals surface area contributed by atoms with Crippen molar-refractivity contribution in [1.82, 2.24) is 5.32 Å². The summed E-state index contributed by atoms with van der Waals surface area (Å²) in [4.78, 5) is 0. The Balaban J connectivity index is 2.28. The summed E-state index contributed by atoms with van der Waals surface area (Å²) in [6, 6.07) is 0. The van der Waals surface area contributed by atoms with Crippen LogP contribution in [-0.2, 0) is 4.74 Å². The number of hydrogen-bond acceptors (Lipinski definition) is 5. The van der Waals surface area contributed by atoms with Crippen molar-refractivity contribution >= 4 is 11.8 Å². The summed E-state index contributed by atoms with van der Waals surface area (Å²) >= 11 is 1.57. The smallest absolute Gasteiger partial charge is 0.148 e. The van der Waals surface area contributed by atoms with E-state index in [1.807, 2.05) is 0 Å². The molecule has 0 aromatic carbocycles. The molecule has 2 aliphatic heterocycles. The molecule has 62 valence electrons. The first-order chi connectivity index (χ1) is 5.29. The van der Waals surface area contributed by atoms with Crippen LogP contribution in [0.25, 0.3) is 0 Å². The SMILES string of the molecule is OC1=C2NCSC2OCC1O. The Morgan fingerprint density at radius 1 is 1.64 bits per heavy atom. The number of ether oxygens (including phenoxy) is 1. The van der Waals surface area contributed by atoms with Gasteiger partial charge >= 0.3 is 0 Å². The summed E-state index contributed by atoms with van der Waals surface area (Å²) in [5.41, 5.74) is 0.534. The van der Waals surface area contributed by atoms with Gasteiger partial charge in [0.25, 0.3) is 0 Å². The second-order valence-electron chi connectivity index (χ2n) is 2.47. The molecule has 1 saturated heterocycles. The zero-order chi connectivity index (χ0) is 7.84. The molecule has 2 heterocycles. The van der Waals surface area contributed by atoms with Gasteiger partial charge in [0.1, 0.15) is 17.3 Å². The van der Waals surface area contributed by atoms with Crippen LogP contribution in [0.5, 0.6) is 0 Å². The predicted molar refractivity (Wildman–Crippen MR) is 41.0 cm³/mol. The first kappa shape index (κ1) is 7.27. The lowest BCUT2D eigenvalue weighted by Crippen LogP contribution is -2.32. The summed E-state index contributed by atoms with van der Waals surface area (Å²) in [5.74, 6) is 0.766. The van der Waals surface area contributed by atoms with Crippen LogP contribution in [0.4, 0.5) is 0 Å². The van der Waals surface area contributed by atoms with Crippen LogP contribution in [0, 0.1) is 0 Å². The van der Waals surface area contributed by atoms with E-state index >= 15 is 0 Å². The Morgan fingerprint density at radius 2 is 2.45 bits per heavy atom. The highest BCUT2D eigenvalue weighted by Gasteiger charge is 2.33. The van der Waals surface area contributed by atoms with E-state index in [0.717, 1.165) is 5.88 Å². The van der Waals surface area contributed by atoms with Crippen LogP contribution < -0.4 is 5.32 Å². The summed E-state index contributed by atoms with van der Waals surface area (Å²) in [6.07, 6.45) is -0.854. The van der Waals surface area contributed by atoms with Gasteiger partial charge in [0, 0.05) is 0 Å². The van der Waals surface area contributed by atoms with E-state index < -0.39 is 6.10 Å². The molecule has 11 heavy (non-hydrogen) atoms. The Morgan fingerprint density at radius 3 is 3.27 bits per heavy atom. The zero-order valence-electron chi connectivity index (χ0n) is 5.78. The van der Waals surface area contributed by atoms with Crippen molar-refractivity contribution < 1.29 is 14.9 Å². The normalized spacial score (nSPS) is 36.8. The van der Waals surface area contributed by atoms with Crippen LogP contribution in [-0.4, -0.2) is 34.2 Å². The van der Waals surface area contributed by atoms with E-state index in [1.165, 1.54) is 0 Å². The van der Waals surface area contributed by atoms with E-state index in [9.17, 15) is 5.11 Å². The topological polar surface area (TPSA) is 61.7 Å². The lowest BCUT2D eigenvalue weighted by Gasteiger charge is -2.23. The van der Waals surface area contributed by atoms with Gasteiger partial charge in [-0.3, -0.25) is 0 Å². The number of thioether (sulfide) groups is 1. The van der Waals surface area contributed by atoms with Crippen LogP contribution in [0.1, 0.15) is 0 Å². The quantitative estimate of drug-likeness (QED) is 0.474. The molecule has 0 radical (unpaired) electrons. The van der Waals surface area contributed by atoms with Crippen molar-refractivity contribution in [2.45, 2.75) is 11.5 Å². The minimum atomic E-state index is -0.854. The number of nitrogens with one attached hydrogen (secondary N) is 1. The van der Waals surface area contributed by atoms with Gasteiger partial charge in [0.2, 0.25) is 0 Å². The van der Waals surface area contributed by atoms with E-state index in [1.54, 1.807) is 11.8 Å². The van der Waals surface area contributed by atoms with Crippen molar-refractivity contribution in [1.29, 1.82) is 0 Å². The minimum Gasteiger partial charge on any atom is -0.507 e. The Kier molecular flexibility index (Phi) is 1.71. The van der Waals surface area contributed by atoms with Gasteiger partial charge in [0.05, 0.1) is 18.2 Å². The largest absolute Gasteiger partial charge is 0.507 e. The first-order valence-corrected chi connectivity index (χ1v) is 4.42. The maximum absolute atomic E-state index is 9.32. The maximum Gasteiger partial charge on any atom is 0.148 e. The summed E-state index contributed by atoms with van der Waals surface area (Å²) < 4.78 is 5.22. The number of rotatable bonds is 0. The molecule has 2 atom stereocenters. The molecular formula is C6H9NO3S. The second kappa shape index (κ2) is 2.58. The van der Waals surface area contributed by atoms with E-state index in [4.69, 9.17) is 9.84 Å². The molecule has 1 fully saturated rings. The fraction of sp³-hybridized carbons (Fsp3) is 0.667. The molecule has 0 aromatic rings. The van der Waals surface area contributed by atoms with E-state index in [0.29, 0.717) is 5.70 Å². The lowest BCUT2D eigenvalue weighted by molar-refractivity contribution is 0.00992. The third-order valence-corrected chi connectivity index (χ3v) is 2.72. The van der Waals surface area contributed by atoms with E-state index in [-0.39, 0.29) is 17.8 Å². The van der Waals surface area contributed by atoms with Crippen molar-refractivity contribution in [2.75, 3.05) is 12.5 Å². The van der Waals surface area contributed by atoms with Gasteiger partial charge in [-0.2, -0.15) is 0 Å². The molecule has 0 bridgehead atoms. The molecule has 2 unspecified atom stereocenters. The number of aliphatic hydroxyl groups excluding tert-OH is 2. The van der Waals surface area contributed by atoms with Gasteiger partial charge in [0.15, 0.2) is 0 Å². The molecule has 0 aliphatic carbocycles. The molecule has 4 nitrogen and oxygen atoms in total. The fourth-order valence-corrected chi connectivity index (χ4v) is 2.08. The van der Waals surface area contributed by atoms with Crippen LogP contribution >= 0.6 is 11.8 Å². The molecule has 3 N–H and O–H groups in total. The average Bonchev–Trinajstić information content (AvgIpc) is 2.45. The van der Waals surface area contributed by atoms with Gasteiger partial charge < -0.3 is 20.3 Å². The molecule has 5 heteroatoms. The monoisotopic (exact) mass is 175 g/mol. The highest BCUT2D eigenvalue weighted by Crippen LogP contribution is 2.30. The summed E-state index contributed by atoms with van der Waals surface area (Å²) in [5, 5.41) is 21.4. The molecule has 0 spiro atoms. The van der Waals surface area contributed by atoms with Crippen LogP contribution in [0.15, 0.2) is 11.5 Å².